The molecule has 2 rings (SSSR count). The summed E-state index contributed by atoms with van der Waals surface area (Å²) in [7, 11) is -1.98. The van der Waals surface area contributed by atoms with Gasteiger partial charge in [0, 0.05) is 19.8 Å². The van der Waals surface area contributed by atoms with Gasteiger partial charge in [-0.15, -0.1) is 0 Å². The molecule has 2 N–H and O–H groups in total. The van der Waals surface area contributed by atoms with Crippen LogP contribution >= 0.6 is 0 Å². The van der Waals surface area contributed by atoms with Crippen LogP contribution in [-0.2, 0) is 23.1 Å². The van der Waals surface area contributed by atoms with Crippen molar-refractivity contribution in [1.82, 2.24) is 9.29 Å². The second-order valence-corrected chi connectivity index (χ2v) is 6.90. The molecule has 0 bridgehead atoms. The molecule has 0 fully saturated rings. The van der Waals surface area contributed by atoms with E-state index in [0.717, 1.165) is 5.56 Å². The van der Waals surface area contributed by atoms with Crippen molar-refractivity contribution < 1.29 is 8.42 Å². The SMILES string of the molecule is Cc1cc(CN)ccc1S(=O)(=O)N(C)Cc1ccccn1. The zero-order chi connectivity index (χ0) is 15.5. The summed E-state index contributed by atoms with van der Waals surface area (Å²) in [5.41, 5.74) is 7.90. The third kappa shape index (κ3) is 3.47. The Bertz CT molecular complexity index is 715. The molecule has 0 unspecified atom stereocenters. The Morgan fingerprint density at radius 3 is 2.57 bits per heavy atom. The number of aryl methyl sites for hydroxylation is 1. The first kappa shape index (κ1) is 15.6. The van der Waals surface area contributed by atoms with Crippen molar-refractivity contribution in [2.75, 3.05) is 7.05 Å². The molecule has 1 aromatic carbocycles. The number of rotatable bonds is 5. The summed E-state index contributed by atoms with van der Waals surface area (Å²) < 4.78 is 26.6. The van der Waals surface area contributed by atoms with Crippen LogP contribution < -0.4 is 5.73 Å². The first-order chi connectivity index (χ1) is 9.95. The van der Waals surface area contributed by atoms with Gasteiger partial charge in [-0.25, -0.2) is 8.42 Å². The molecule has 0 saturated carbocycles. The maximum atomic E-state index is 12.6. The van der Waals surface area contributed by atoms with Crippen LogP contribution in [-0.4, -0.2) is 24.8 Å². The van der Waals surface area contributed by atoms with Crippen LogP contribution in [0.4, 0.5) is 0 Å². The Morgan fingerprint density at radius 2 is 2.00 bits per heavy atom. The number of benzene rings is 1. The van der Waals surface area contributed by atoms with E-state index >= 15 is 0 Å². The highest BCUT2D eigenvalue weighted by molar-refractivity contribution is 7.89. The van der Waals surface area contributed by atoms with Gasteiger partial charge in [-0.05, 0) is 36.2 Å². The van der Waals surface area contributed by atoms with Gasteiger partial charge in [0.2, 0.25) is 10.0 Å². The molecule has 0 aliphatic rings. The fourth-order valence-corrected chi connectivity index (χ4v) is 3.44. The van der Waals surface area contributed by atoms with Crippen LogP contribution in [0.1, 0.15) is 16.8 Å². The lowest BCUT2D eigenvalue weighted by molar-refractivity contribution is 0.461. The molecule has 0 spiro atoms. The first-order valence-electron chi connectivity index (χ1n) is 6.61. The molecular weight excluding hydrogens is 286 g/mol. The summed E-state index contributed by atoms with van der Waals surface area (Å²) in [6.07, 6.45) is 1.65. The van der Waals surface area contributed by atoms with Gasteiger partial charge in [-0.1, -0.05) is 18.2 Å². The smallest absolute Gasteiger partial charge is 0.243 e. The Hall–Kier alpha value is -1.76. The highest BCUT2D eigenvalue weighted by atomic mass is 32.2. The molecule has 0 amide bonds. The van der Waals surface area contributed by atoms with Crippen molar-refractivity contribution >= 4 is 10.0 Å². The zero-order valence-electron chi connectivity index (χ0n) is 12.2. The van der Waals surface area contributed by atoms with E-state index in [4.69, 9.17) is 5.73 Å². The summed E-state index contributed by atoms with van der Waals surface area (Å²) in [5, 5.41) is 0. The quantitative estimate of drug-likeness (QED) is 0.911. The minimum atomic E-state index is -3.54. The van der Waals surface area contributed by atoms with Crippen molar-refractivity contribution in [2.24, 2.45) is 5.73 Å². The third-order valence-corrected chi connectivity index (χ3v) is 5.24. The fraction of sp³-hybridized carbons (Fsp3) is 0.267. The van der Waals surface area contributed by atoms with Crippen molar-refractivity contribution in [3.8, 4) is 0 Å². The zero-order valence-corrected chi connectivity index (χ0v) is 13.0. The van der Waals surface area contributed by atoms with E-state index in [1.165, 1.54) is 4.31 Å². The second kappa shape index (κ2) is 6.34. The topological polar surface area (TPSA) is 76.3 Å². The van der Waals surface area contributed by atoms with Gasteiger partial charge in [0.15, 0.2) is 0 Å². The van der Waals surface area contributed by atoms with E-state index in [9.17, 15) is 8.42 Å². The average molecular weight is 305 g/mol. The first-order valence-corrected chi connectivity index (χ1v) is 8.05. The summed E-state index contributed by atoms with van der Waals surface area (Å²) in [4.78, 5) is 4.46. The molecule has 2 aromatic rings. The van der Waals surface area contributed by atoms with Crippen LogP contribution in [0.25, 0.3) is 0 Å². The average Bonchev–Trinajstić information content (AvgIpc) is 2.47. The molecule has 0 saturated heterocycles. The lowest BCUT2D eigenvalue weighted by Crippen LogP contribution is -2.27. The monoisotopic (exact) mass is 305 g/mol. The molecule has 0 aliphatic carbocycles. The molecule has 1 aromatic heterocycles. The lowest BCUT2D eigenvalue weighted by Gasteiger charge is -2.18. The van der Waals surface area contributed by atoms with Gasteiger partial charge >= 0.3 is 0 Å². The minimum Gasteiger partial charge on any atom is -0.326 e. The molecule has 1 heterocycles. The van der Waals surface area contributed by atoms with Gasteiger partial charge in [-0.2, -0.15) is 4.31 Å². The highest BCUT2D eigenvalue weighted by Crippen LogP contribution is 2.21. The fourth-order valence-electron chi connectivity index (χ4n) is 2.10. The molecule has 0 radical (unpaired) electrons. The molecule has 0 atom stereocenters. The van der Waals surface area contributed by atoms with Crippen molar-refractivity contribution in [3.63, 3.8) is 0 Å². The van der Waals surface area contributed by atoms with E-state index in [1.807, 2.05) is 12.1 Å². The van der Waals surface area contributed by atoms with Crippen molar-refractivity contribution in [3.05, 3.63) is 59.4 Å². The summed E-state index contributed by atoms with van der Waals surface area (Å²) in [6, 6.07) is 10.6. The summed E-state index contributed by atoms with van der Waals surface area (Å²) in [6.45, 7) is 2.41. The van der Waals surface area contributed by atoms with Gasteiger partial charge in [0.1, 0.15) is 0 Å². The molecule has 5 nitrogen and oxygen atoms in total. The van der Waals surface area contributed by atoms with E-state index in [0.29, 0.717) is 22.7 Å². The van der Waals surface area contributed by atoms with Crippen LogP contribution in [0.5, 0.6) is 0 Å². The van der Waals surface area contributed by atoms with Crippen LogP contribution in [0, 0.1) is 6.92 Å². The number of nitrogens with zero attached hydrogens (tertiary/aromatic N) is 2. The number of aromatic nitrogens is 1. The third-order valence-electron chi connectivity index (χ3n) is 3.27. The van der Waals surface area contributed by atoms with Crippen molar-refractivity contribution in [2.45, 2.75) is 24.9 Å². The number of hydrogen-bond acceptors (Lipinski definition) is 4. The largest absolute Gasteiger partial charge is 0.326 e. The van der Waals surface area contributed by atoms with Crippen LogP contribution in [0.2, 0.25) is 0 Å². The summed E-state index contributed by atoms with van der Waals surface area (Å²) in [5.74, 6) is 0. The molecular formula is C15H19N3O2S. The van der Waals surface area contributed by atoms with Gasteiger partial charge < -0.3 is 5.73 Å². The number of hydrogen-bond donors (Lipinski definition) is 1. The predicted octanol–water partition coefficient (Wildman–Crippen LogP) is 1.67. The van der Waals surface area contributed by atoms with E-state index < -0.39 is 10.0 Å². The Morgan fingerprint density at radius 1 is 1.24 bits per heavy atom. The normalized spacial score (nSPS) is 11.8. The van der Waals surface area contributed by atoms with Gasteiger partial charge in [-0.3, -0.25) is 4.98 Å². The predicted molar refractivity (Wildman–Crippen MR) is 82.0 cm³/mol. The molecule has 0 aliphatic heterocycles. The lowest BCUT2D eigenvalue weighted by atomic mass is 10.1. The van der Waals surface area contributed by atoms with Gasteiger partial charge in [0.05, 0.1) is 17.1 Å². The molecule has 21 heavy (non-hydrogen) atoms. The minimum absolute atomic E-state index is 0.237. The molecule has 112 valence electrons. The van der Waals surface area contributed by atoms with Crippen molar-refractivity contribution in [1.29, 1.82) is 0 Å². The van der Waals surface area contributed by atoms with E-state index in [-0.39, 0.29) is 6.54 Å². The molecule has 6 heteroatoms. The Kier molecular flexibility index (Phi) is 4.72. The number of sulfonamides is 1. The number of nitrogens with two attached hydrogens (primary N) is 1. The maximum Gasteiger partial charge on any atom is 0.243 e. The Balaban J connectivity index is 2.29. The highest BCUT2D eigenvalue weighted by Gasteiger charge is 2.23. The van der Waals surface area contributed by atoms with E-state index in [2.05, 4.69) is 4.98 Å². The number of pyridine rings is 1. The van der Waals surface area contributed by atoms with E-state index in [1.54, 1.807) is 44.4 Å². The van der Waals surface area contributed by atoms with Crippen LogP contribution in [0.3, 0.4) is 0 Å². The van der Waals surface area contributed by atoms with Gasteiger partial charge in [0.25, 0.3) is 0 Å². The second-order valence-electron chi connectivity index (χ2n) is 4.89. The Labute approximate surface area is 125 Å². The van der Waals surface area contributed by atoms with Crippen LogP contribution in [0.15, 0.2) is 47.5 Å². The summed E-state index contributed by atoms with van der Waals surface area (Å²) >= 11 is 0. The standard InChI is InChI=1S/C15H19N3O2S/c1-12-9-13(10-16)6-7-15(12)21(19,20)18(2)11-14-5-3-4-8-17-14/h3-9H,10-11,16H2,1-2H3. The maximum absolute atomic E-state index is 12.6.